The highest BCUT2D eigenvalue weighted by molar-refractivity contribution is 6.08. The van der Waals surface area contributed by atoms with Crippen molar-refractivity contribution < 1.29 is 9.53 Å². The lowest BCUT2D eigenvalue weighted by Crippen LogP contribution is -2.29. The maximum Gasteiger partial charge on any atom is 0.187 e. The molecule has 0 saturated heterocycles. The van der Waals surface area contributed by atoms with Gasteiger partial charge >= 0.3 is 0 Å². The number of rotatable bonds is 6. The van der Waals surface area contributed by atoms with E-state index in [2.05, 4.69) is 5.43 Å². The molecular weight excluding hydrogens is 276 g/mol. The fourth-order valence-electron chi connectivity index (χ4n) is 2.01. The Bertz CT molecular complexity index is 647. The molecule has 0 bridgehead atoms. The minimum Gasteiger partial charge on any atom is -0.497 e. The molecule has 0 heterocycles. The molecule has 2 aromatic carbocycles. The fourth-order valence-corrected chi connectivity index (χ4v) is 2.01. The number of nitrogens with one attached hydrogen (secondary N) is 1. The van der Waals surface area contributed by atoms with E-state index in [1.165, 1.54) is 0 Å². The Hall–Kier alpha value is -2.59. The summed E-state index contributed by atoms with van der Waals surface area (Å²) in [6.07, 6.45) is 1.61. The molecule has 0 unspecified atom stereocenters. The van der Waals surface area contributed by atoms with Crippen LogP contribution in [0.2, 0.25) is 0 Å². The Morgan fingerprint density at radius 3 is 2.18 bits per heavy atom. The van der Waals surface area contributed by atoms with Crippen molar-refractivity contribution in [3.05, 3.63) is 71.8 Å². The van der Waals surface area contributed by atoms with E-state index in [0.29, 0.717) is 5.56 Å². The highest BCUT2D eigenvalue weighted by Gasteiger charge is 2.08. The molecule has 0 saturated carbocycles. The summed E-state index contributed by atoms with van der Waals surface area (Å²) in [5.74, 6) is 0.672. The Morgan fingerprint density at radius 2 is 1.64 bits per heavy atom. The van der Waals surface area contributed by atoms with Crippen molar-refractivity contribution in [3.63, 3.8) is 0 Å². The van der Waals surface area contributed by atoms with Crippen LogP contribution in [-0.2, 0) is 0 Å². The maximum atomic E-state index is 12.4. The maximum absolute atomic E-state index is 12.4. The van der Waals surface area contributed by atoms with Crippen LogP contribution in [0.4, 0.5) is 0 Å². The number of hydrogen-bond acceptors (Lipinski definition) is 4. The van der Waals surface area contributed by atoms with Crippen LogP contribution >= 0.6 is 0 Å². The van der Waals surface area contributed by atoms with Gasteiger partial charge in [-0.05, 0) is 29.8 Å². The minimum absolute atomic E-state index is 0.0594. The Balaban J connectivity index is 2.29. The van der Waals surface area contributed by atoms with Gasteiger partial charge in [0.15, 0.2) is 5.78 Å². The van der Waals surface area contributed by atoms with Crippen molar-refractivity contribution in [1.29, 1.82) is 0 Å². The fraction of sp³-hybridized carbons (Fsp3) is 0.167. The highest BCUT2D eigenvalue weighted by atomic mass is 16.5. The lowest BCUT2D eigenvalue weighted by Gasteiger charge is -2.17. The Labute approximate surface area is 131 Å². The monoisotopic (exact) mass is 296 g/mol. The van der Waals surface area contributed by atoms with Gasteiger partial charge in [0, 0.05) is 25.7 Å². The lowest BCUT2D eigenvalue weighted by molar-refractivity contribution is 0.104. The van der Waals surface area contributed by atoms with E-state index < -0.39 is 0 Å². The van der Waals surface area contributed by atoms with Gasteiger partial charge in [-0.15, -0.1) is 0 Å². The number of carbonyl (C=O) groups excluding carboxylic acids is 1. The van der Waals surface area contributed by atoms with Crippen molar-refractivity contribution in [1.82, 2.24) is 10.4 Å². The van der Waals surface area contributed by atoms with Crippen molar-refractivity contribution in [2.75, 3.05) is 21.2 Å². The number of hydrogen-bond donors (Lipinski definition) is 1. The molecule has 0 fully saturated rings. The third kappa shape index (κ3) is 4.20. The molecule has 4 nitrogen and oxygen atoms in total. The van der Waals surface area contributed by atoms with Crippen molar-refractivity contribution >= 4 is 11.5 Å². The van der Waals surface area contributed by atoms with Crippen molar-refractivity contribution in [2.45, 2.75) is 0 Å². The molecule has 4 heteroatoms. The second-order valence-corrected chi connectivity index (χ2v) is 5.02. The van der Waals surface area contributed by atoms with Crippen LogP contribution in [0.5, 0.6) is 5.75 Å². The molecule has 0 aromatic heterocycles. The minimum atomic E-state index is -0.0594. The first-order chi connectivity index (χ1) is 10.6. The van der Waals surface area contributed by atoms with Gasteiger partial charge in [-0.2, -0.15) is 0 Å². The van der Waals surface area contributed by atoms with Crippen LogP contribution in [-0.4, -0.2) is 32.0 Å². The van der Waals surface area contributed by atoms with E-state index in [9.17, 15) is 4.79 Å². The number of benzene rings is 2. The second-order valence-electron chi connectivity index (χ2n) is 5.02. The SMILES string of the molecule is COc1ccc(C(=O)/C=C(/NN(C)C)c2ccccc2)cc1. The second kappa shape index (κ2) is 7.43. The number of ketones is 1. The van der Waals surface area contributed by atoms with E-state index in [1.54, 1.807) is 42.5 Å². The number of hydrazine groups is 1. The topological polar surface area (TPSA) is 41.6 Å². The van der Waals surface area contributed by atoms with Crippen LogP contribution in [0.25, 0.3) is 5.70 Å². The molecule has 1 N–H and O–H groups in total. The lowest BCUT2D eigenvalue weighted by atomic mass is 10.1. The summed E-state index contributed by atoms with van der Waals surface area (Å²) in [5, 5.41) is 1.81. The molecule has 0 radical (unpaired) electrons. The predicted molar refractivity (Wildman–Crippen MR) is 88.6 cm³/mol. The van der Waals surface area contributed by atoms with Gasteiger partial charge in [-0.25, -0.2) is 5.01 Å². The van der Waals surface area contributed by atoms with Crippen LogP contribution in [0, 0.1) is 0 Å². The highest BCUT2D eigenvalue weighted by Crippen LogP contribution is 2.15. The number of nitrogens with zero attached hydrogens (tertiary/aromatic N) is 1. The van der Waals surface area contributed by atoms with Crippen LogP contribution < -0.4 is 10.2 Å². The molecule has 22 heavy (non-hydrogen) atoms. The van der Waals surface area contributed by atoms with Gasteiger partial charge < -0.3 is 10.2 Å². The zero-order valence-corrected chi connectivity index (χ0v) is 13.0. The largest absolute Gasteiger partial charge is 0.497 e. The molecule has 0 aliphatic carbocycles. The normalized spacial score (nSPS) is 11.4. The number of allylic oxidation sites excluding steroid dienone is 1. The quantitative estimate of drug-likeness (QED) is 0.505. The molecular formula is C18H20N2O2. The summed E-state index contributed by atoms with van der Waals surface area (Å²) in [5.41, 5.74) is 5.50. The van der Waals surface area contributed by atoms with E-state index >= 15 is 0 Å². The molecule has 114 valence electrons. The van der Waals surface area contributed by atoms with Gasteiger partial charge in [0.2, 0.25) is 0 Å². The molecule has 2 aromatic rings. The summed E-state index contributed by atoms with van der Waals surface area (Å²) >= 11 is 0. The molecule has 0 spiro atoms. The standard InChI is InChI=1S/C18H20N2O2/c1-20(2)19-17(14-7-5-4-6-8-14)13-18(21)15-9-11-16(22-3)12-10-15/h4-13,19H,1-3H3/b17-13+. The number of carbonyl (C=O) groups is 1. The van der Waals surface area contributed by atoms with Gasteiger partial charge in [-0.1, -0.05) is 30.3 Å². The average Bonchev–Trinajstić information content (AvgIpc) is 2.54. The summed E-state index contributed by atoms with van der Waals surface area (Å²) in [4.78, 5) is 12.4. The van der Waals surface area contributed by atoms with Crippen LogP contribution in [0.1, 0.15) is 15.9 Å². The Morgan fingerprint density at radius 1 is 1.00 bits per heavy atom. The summed E-state index contributed by atoms with van der Waals surface area (Å²) < 4.78 is 5.11. The molecule has 0 atom stereocenters. The third-order valence-corrected chi connectivity index (χ3v) is 3.08. The third-order valence-electron chi connectivity index (χ3n) is 3.08. The van der Waals surface area contributed by atoms with Crippen molar-refractivity contribution in [3.8, 4) is 5.75 Å². The van der Waals surface area contributed by atoms with Gasteiger partial charge in [-0.3, -0.25) is 4.79 Å². The first-order valence-corrected chi connectivity index (χ1v) is 6.99. The zero-order chi connectivity index (χ0) is 15.9. The predicted octanol–water partition coefficient (Wildman–Crippen LogP) is 2.99. The molecule has 2 rings (SSSR count). The van der Waals surface area contributed by atoms with Crippen LogP contribution in [0.15, 0.2) is 60.7 Å². The first kappa shape index (κ1) is 15.8. The number of methoxy groups -OCH3 is 1. The van der Waals surface area contributed by atoms with E-state index in [1.807, 2.05) is 44.4 Å². The first-order valence-electron chi connectivity index (χ1n) is 6.99. The smallest absolute Gasteiger partial charge is 0.187 e. The van der Waals surface area contributed by atoms with Gasteiger partial charge in [0.1, 0.15) is 5.75 Å². The Kier molecular flexibility index (Phi) is 5.33. The van der Waals surface area contributed by atoms with Crippen molar-refractivity contribution in [2.24, 2.45) is 0 Å². The summed E-state index contributed by atoms with van der Waals surface area (Å²) in [7, 11) is 5.37. The van der Waals surface area contributed by atoms with E-state index in [-0.39, 0.29) is 5.78 Å². The van der Waals surface area contributed by atoms with Crippen LogP contribution in [0.3, 0.4) is 0 Å². The van der Waals surface area contributed by atoms with Gasteiger partial charge in [0.25, 0.3) is 0 Å². The zero-order valence-electron chi connectivity index (χ0n) is 13.0. The molecule has 0 amide bonds. The number of ether oxygens (including phenoxy) is 1. The average molecular weight is 296 g/mol. The van der Waals surface area contributed by atoms with Gasteiger partial charge in [0.05, 0.1) is 12.8 Å². The summed E-state index contributed by atoms with van der Waals surface area (Å²) in [6.45, 7) is 0. The molecule has 0 aliphatic heterocycles. The van der Waals surface area contributed by atoms with E-state index in [4.69, 9.17) is 4.74 Å². The molecule has 0 aliphatic rings. The van der Waals surface area contributed by atoms with E-state index in [0.717, 1.165) is 17.0 Å². The summed E-state index contributed by atoms with van der Waals surface area (Å²) in [6, 6.07) is 16.8.